The lowest BCUT2D eigenvalue weighted by Crippen LogP contribution is -2.29. The van der Waals surface area contributed by atoms with Crippen molar-refractivity contribution in [3.8, 4) is 5.75 Å². The van der Waals surface area contributed by atoms with E-state index < -0.39 is 5.97 Å². The van der Waals surface area contributed by atoms with Crippen LogP contribution in [0.3, 0.4) is 0 Å². The molecule has 9 heteroatoms. The molecule has 0 bridgehead atoms. The maximum atomic E-state index is 13.3. The van der Waals surface area contributed by atoms with E-state index in [1.54, 1.807) is 48.1 Å². The summed E-state index contributed by atoms with van der Waals surface area (Å²) < 4.78 is 17.3. The molecule has 0 spiro atoms. The molecule has 4 rings (SSSR count). The van der Waals surface area contributed by atoms with E-state index >= 15 is 0 Å². The van der Waals surface area contributed by atoms with Crippen LogP contribution in [0.4, 0.5) is 0 Å². The molecule has 1 aliphatic heterocycles. The molecular weight excluding hydrogens is 444 g/mol. The summed E-state index contributed by atoms with van der Waals surface area (Å²) in [6.45, 7) is 1.02. The van der Waals surface area contributed by atoms with Gasteiger partial charge in [-0.2, -0.15) is 0 Å². The Hall–Kier alpha value is -3.17. The smallest absolute Gasteiger partial charge is 0.337 e. The quantitative estimate of drug-likeness (QED) is 0.215. The second kappa shape index (κ2) is 10.2. The molecule has 172 valence electrons. The van der Waals surface area contributed by atoms with E-state index in [-0.39, 0.29) is 23.2 Å². The zero-order valence-electron chi connectivity index (χ0n) is 18.4. The fourth-order valence-electron chi connectivity index (χ4n) is 3.72. The minimum atomic E-state index is -0.510. The lowest BCUT2D eigenvalue weighted by atomic mass is 10.1. The highest BCUT2D eigenvalue weighted by Gasteiger charge is 2.21. The maximum absolute atomic E-state index is 13.3. The first-order valence-electron chi connectivity index (χ1n) is 10.5. The molecule has 1 atom stereocenters. The summed E-state index contributed by atoms with van der Waals surface area (Å²) in [4.78, 5) is 42.7. The Morgan fingerprint density at radius 1 is 1.18 bits per heavy atom. The molecule has 0 saturated carbocycles. The third kappa shape index (κ3) is 5.09. The summed E-state index contributed by atoms with van der Waals surface area (Å²) in [7, 11) is 2.84. The predicted octanol–water partition coefficient (Wildman–Crippen LogP) is 3.35. The number of ether oxygens (including phenoxy) is 3. The van der Waals surface area contributed by atoms with Crippen molar-refractivity contribution in [2.75, 3.05) is 26.6 Å². The number of carbonyl (C=O) groups excluding carboxylic acids is 2. The van der Waals surface area contributed by atoms with E-state index in [0.29, 0.717) is 46.1 Å². The van der Waals surface area contributed by atoms with Crippen LogP contribution >= 0.6 is 11.8 Å². The molecule has 1 saturated heterocycles. The Morgan fingerprint density at radius 3 is 2.76 bits per heavy atom. The monoisotopic (exact) mass is 468 g/mol. The zero-order valence-corrected chi connectivity index (χ0v) is 19.2. The predicted molar refractivity (Wildman–Crippen MR) is 124 cm³/mol. The van der Waals surface area contributed by atoms with Gasteiger partial charge in [-0.1, -0.05) is 23.9 Å². The average molecular weight is 469 g/mol. The van der Waals surface area contributed by atoms with Gasteiger partial charge < -0.3 is 14.2 Å². The summed E-state index contributed by atoms with van der Waals surface area (Å²) >= 11 is 1.19. The topological polar surface area (TPSA) is 96.7 Å². The lowest BCUT2D eigenvalue weighted by Gasteiger charge is -2.16. The molecular formula is C24H24N2O6S. The molecule has 2 aromatic carbocycles. The summed E-state index contributed by atoms with van der Waals surface area (Å²) in [6.07, 6.45) is 1.72. The first-order chi connectivity index (χ1) is 16.0. The van der Waals surface area contributed by atoms with Crippen LogP contribution in [0.1, 0.15) is 33.6 Å². The molecule has 0 amide bonds. The lowest BCUT2D eigenvalue weighted by molar-refractivity contribution is 0.0600. The number of rotatable bonds is 8. The van der Waals surface area contributed by atoms with Gasteiger partial charge in [-0.3, -0.25) is 14.2 Å². The summed E-state index contributed by atoms with van der Waals surface area (Å²) in [5.74, 6) is 0.0676. The van der Waals surface area contributed by atoms with Crippen LogP contribution in [0.25, 0.3) is 10.9 Å². The number of ketones is 1. The molecule has 1 unspecified atom stereocenters. The van der Waals surface area contributed by atoms with Gasteiger partial charge in [0.25, 0.3) is 5.56 Å². The van der Waals surface area contributed by atoms with Crippen molar-refractivity contribution in [2.45, 2.75) is 30.6 Å². The van der Waals surface area contributed by atoms with Crippen molar-refractivity contribution in [1.29, 1.82) is 0 Å². The van der Waals surface area contributed by atoms with Crippen molar-refractivity contribution in [1.82, 2.24) is 9.55 Å². The first kappa shape index (κ1) is 23.0. The Bertz CT molecular complexity index is 1250. The number of aromatic nitrogens is 2. The highest BCUT2D eigenvalue weighted by Crippen LogP contribution is 2.23. The van der Waals surface area contributed by atoms with Gasteiger partial charge >= 0.3 is 5.97 Å². The minimum Gasteiger partial charge on any atom is -0.497 e. The third-order valence-corrected chi connectivity index (χ3v) is 6.45. The molecule has 0 N–H and O–H groups in total. The number of fused-ring (bicyclic) bond motifs is 1. The van der Waals surface area contributed by atoms with Gasteiger partial charge in [0.05, 0.1) is 49.1 Å². The summed E-state index contributed by atoms with van der Waals surface area (Å²) in [6, 6.07) is 11.6. The Labute approximate surface area is 194 Å². The van der Waals surface area contributed by atoms with Crippen molar-refractivity contribution in [3.63, 3.8) is 0 Å². The zero-order chi connectivity index (χ0) is 23.4. The number of hydrogen-bond donors (Lipinski definition) is 0. The number of nitrogens with zero attached hydrogens (tertiary/aromatic N) is 2. The van der Waals surface area contributed by atoms with Crippen LogP contribution in [0.15, 0.2) is 52.4 Å². The summed E-state index contributed by atoms with van der Waals surface area (Å²) in [5.41, 5.74) is 0.965. The SMILES string of the molecule is COC(=O)c1ccc2c(=O)n(CC3CCCO3)c(SCC(=O)c3cccc(OC)c3)nc2c1. The number of carbonyl (C=O) groups is 2. The third-order valence-electron chi connectivity index (χ3n) is 5.48. The van der Waals surface area contributed by atoms with Crippen molar-refractivity contribution in [3.05, 3.63) is 63.9 Å². The molecule has 0 radical (unpaired) electrons. The van der Waals surface area contributed by atoms with E-state index in [1.165, 1.54) is 24.9 Å². The molecule has 2 heterocycles. The van der Waals surface area contributed by atoms with Crippen LogP contribution in [0.2, 0.25) is 0 Å². The van der Waals surface area contributed by atoms with E-state index in [4.69, 9.17) is 14.2 Å². The van der Waals surface area contributed by atoms with E-state index in [2.05, 4.69) is 4.98 Å². The fourth-order valence-corrected chi connectivity index (χ4v) is 4.62. The number of Topliss-reactive ketones (excluding diaryl/α,β-unsaturated/α-hetero) is 1. The second-order valence-electron chi connectivity index (χ2n) is 7.61. The van der Waals surface area contributed by atoms with Gasteiger partial charge in [-0.15, -0.1) is 0 Å². The van der Waals surface area contributed by atoms with Gasteiger partial charge in [0.1, 0.15) is 5.75 Å². The van der Waals surface area contributed by atoms with Crippen LogP contribution in [-0.4, -0.2) is 54.0 Å². The minimum absolute atomic E-state index is 0.0790. The largest absolute Gasteiger partial charge is 0.497 e. The van der Waals surface area contributed by atoms with E-state index in [0.717, 1.165) is 12.8 Å². The number of esters is 1. The van der Waals surface area contributed by atoms with E-state index in [9.17, 15) is 14.4 Å². The Kier molecular flexibility index (Phi) is 7.10. The molecule has 1 fully saturated rings. The van der Waals surface area contributed by atoms with Gasteiger partial charge in [-0.25, -0.2) is 9.78 Å². The van der Waals surface area contributed by atoms with Crippen molar-refractivity contribution >= 4 is 34.4 Å². The van der Waals surface area contributed by atoms with Crippen LogP contribution < -0.4 is 10.3 Å². The highest BCUT2D eigenvalue weighted by atomic mass is 32.2. The van der Waals surface area contributed by atoms with Gasteiger partial charge in [-0.05, 0) is 43.2 Å². The number of hydrogen-bond acceptors (Lipinski definition) is 8. The normalized spacial score (nSPS) is 15.5. The number of benzene rings is 2. The van der Waals surface area contributed by atoms with Crippen molar-refractivity contribution in [2.24, 2.45) is 0 Å². The average Bonchev–Trinajstić information content (AvgIpc) is 3.37. The van der Waals surface area contributed by atoms with Crippen LogP contribution in [0.5, 0.6) is 5.75 Å². The van der Waals surface area contributed by atoms with Gasteiger partial charge in [0.15, 0.2) is 10.9 Å². The fraction of sp³-hybridized carbons (Fsp3) is 0.333. The van der Waals surface area contributed by atoms with Crippen molar-refractivity contribution < 1.29 is 23.8 Å². The molecule has 1 aliphatic rings. The highest BCUT2D eigenvalue weighted by molar-refractivity contribution is 7.99. The van der Waals surface area contributed by atoms with Crippen LogP contribution in [0, 0.1) is 0 Å². The molecule has 0 aliphatic carbocycles. The summed E-state index contributed by atoms with van der Waals surface area (Å²) in [5, 5.41) is 0.797. The molecule has 8 nitrogen and oxygen atoms in total. The number of thioether (sulfide) groups is 1. The molecule has 33 heavy (non-hydrogen) atoms. The first-order valence-corrected chi connectivity index (χ1v) is 11.5. The van der Waals surface area contributed by atoms with Gasteiger partial charge in [0.2, 0.25) is 0 Å². The number of methoxy groups -OCH3 is 2. The van der Waals surface area contributed by atoms with Crippen LogP contribution in [-0.2, 0) is 16.0 Å². The van der Waals surface area contributed by atoms with Gasteiger partial charge in [0, 0.05) is 12.2 Å². The Morgan fingerprint density at radius 2 is 2.03 bits per heavy atom. The molecule has 3 aromatic rings. The standard InChI is InChI=1S/C24H24N2O6S/c1-30-17-6-3-5-15(11-17)21(27)14-33-24-25-20-12-16(23(29)31-2)8-9-19(20)22(28)26(24)13-18-7-4-10-32-18/h3,5-6,8-9,11-12,18H,4,7,10,13-14H2,1-2H3. The molecule has 1 aromatic heterocycles. The van der Waals surface area contributed by atoms with E-state index in [1.807, 2.05) is 0 Å². The second-order valence-corrected chi connectivity index (χ2v) is 8.55. The Balaban J connectivity index is 1.68. The maximum Gasteiger partial charge on any atom is 0.337 e.